The molecule has 2 heteroatoms. The molecule has 1 aliphatic heterocycles. The van der Waals surface area contributed by atoms with Crippen molar-refractivity contribution in [2.45, 2.75) is 32.6 Å². The maximum Gasteiger partial charge on any atom is 0.173 e. The van der Waals surface area contributed by atoms with Crippen LogP contribution in [0.25, 0.3) is 0 Å². The molecular weight excluding hydrogens is 260 g/mol. The van der Waals surface area contributed by atoms with Crippen molar-refractivity contribution in [2.24, 2.45) is 0 Å². The van der Waals surface area contributed by atoms with Crippen LogP contribution < -0.4 is 4.74 Å². The van der Waals surface area contributed by atoms with Crippen molar-refractivity contribution in [1.82, 2.24) is 0 Å². The lowest BCUT2D eigenvalue weighted by Gasteiger charge is -2.11. The number of rotatable bonds is 4. The fourth-order valence-electron chi connectivity index (χ4n) is 3.03. The molecule has 108 valence electrons. The summed E-state index contributed by atoms with van der Waals surface area (Å²) in [6, 6.07) is 13.9. The van der Waals surface area contributed by atoms with Crippen LogP contribution in [0.4, 0.5) is 0 Å². The number of carbonyl (C=O) groups is 1. The van der Waals surface area contributed by atoms with E-state index in [-0.39, 0.29) is 11.7 Å². The van der Waals surface area contributed by atoms with Gasteiger partial charge in [-0.3, -0.25) is 4.79 Å². The van der Waals surface area contributed by atoms with Gasteiger partial charge in [0.25, 0.3) is 0 Å². The Bertz CT molecular complexity index is 673. The molecule has 0 bridgehead atoms. The number of ether oxygens (including phenoxy) is 1. The van der Waals surface area contributed by atoms with Gasteiger partial charge in [-0.2, -0.15) is 0 Å². The van der Waals surface area contributed by atoms with Gasteiger partial charge in [-0.1, -0.05) is 44.2 Å². The lowest BCUT2D eigenvalue weighted by Crippen LogP contribution is -2.14. The first-order valence-electron chi connectivity index (χ1n) is 7.62. The van der Waals surface area contributed by atoms with Crippen molar-refractivity contribution in [2.75, 3.05) is 6.61 Å². The Labute approximate surface area is 125 Å². The second-order valence-electron chi connectivity index (χ2n) is 5.46. The quantitative estimate of drug-likeness (QED) is 0.786. The summed E-state index contributed by atoms with van der Waals surface area (Å²) in [6.45, 7) is 4.74. The van der Waals surface area contributed by atoms with Crippen LogP contribution in [-0.4, -0.2) is 12.4 Å². The highest BCUT2D eigenvalue weighted by Crippen LogP contribution is 2.35. The molecule has 21 heavy (non-hydrogen) atoms. The minimum absolute atomic E-state index is 0.164. The molecule has 1 aliphatic rings. The van der Waals surface area contributed by atoms with E-state index in [0.29, 0.717) is 6.61 Å². The minimum atomic E-state index is -0.168. The zero-order valence-corrected chi connectivity index (χ0v) is 12.6. The normalized spacial score (nSPS) is 16.4. The van der Waals surface area contributed by atoms with Gasteiger partial charge in [0.15, 0.2) is 5.78 Å². The molecule has 2 aromatic rings. The van der Waals surface area contributed by atoms with Crippen molar-refractivity contribution in [3.05, 3.63) is 64.7 Å². The fraction of sp³-hybridized carbons (Fsp3) is 0.316. The van der Waals surface area contributed by atoms with Gasteiger partial charge in [0.1, 0.15) is 12.4 Å². The molecule has 3 rings (SSSR count). The van der Waals surface area contributed by atoms with Gasteiger partial charge < -0.3 is 4.74 Å². The summed E-state index contributed by atoms with van der Waals surface area (Å²) in [5.74, 6) is 0.840. The summed E-state index contributed by atoms with van der Waals surface area (Å²) >= 11 is 0. The Hall–Kier alpha value is -2.09. The molecule has 2 aromatic carbocycles. The number of aryl methyl sites for hydroxylation is 2. The van der Waals surface area contributed by atoms with Gasteiger partial charge in [-0.05, 0) is 36.1 Å². The third-order valence-electron chi connectivity index (χ3n) is 4.27. The van der Waals surface area contributed by atoms with Crippen LogP contribution in [0, 0.1) is 0 Å². The van der Waals surface area contributed by atoms with Crippen molar-refractivity contribution < 1.29 is 9.53 Å². The van der Waals surface area contributed by atoms with Crippen LogP contribution in [0.3, 0.4) is 0 Å². The summed E-state index contributed by atoms with van der Waals surface area (Å²) in [4.78, 5) is 12.8. The average Bonchev–Trinajstić information content (AvgIpc) is 2.97. The standard InChI is InChI=1S/C19H20O2/c1-3-13-9-10-15(11-14(13)4-2)19(20)17-12-21-18-8-6-5-7-16(17)18/h5-11,17H,3-4,12H2,1-2H3. The fourth-order valence-corrected chi connectivity index (χ4v) is 3.03. The molecular formula is C19H20O2. The smallest absolute Gasteiger partial charge is 0.173 e. The first-order valence-corrected chi connectivity index (χ1v) is 7.62. The van der Waals surface area contributed by atoms with Gasteiger partial charge in [0, 0.05) is 11.1 Å². The molecule has 1 heterocycles. The number of hydrogen-bond acceptors (Lipinski definition) is 2. The van der Waals surface area contributed by atoms with Crippen molar-refractivity contribution >= 4 is 5.78 Å². The van der Waals surface area contributed by atoms with Gasteiger partial charge in [-0.15, -0.1) is 0 Å². The maximum atomic E-state index is 12.8. The first-order chi connectivity index (χ1) is 10.2. The third-order valence-corrected chi connectivity index (χ3v) is 4.27. The summed E-state index contributed by atoms with van der Waals surface area (Å²) in [5.41, 5.74) is 4.42. The number of ketones is 1. The number of fused-ring (bicyclic) bond motifs is 1. The Morgan fingerprint density at radius 3 is 2.62 bits per heavy atom. The van der Waals surface area contributed by atoms with E-state index < -0.39 is 0 Å². The van der Waals surface area contributed by atoms with E-state index >= 15 is 0 Å². The van der Waals surface area contributed by atoms with Gasteiger partial charge in [0.2, 0.25) is 0 Å². The number of Topliss-reactive ketones (excluding diaryl/α,β-unsaturated/α-hetero) is 1. The molecule has 0 spiro atoms. The number of hydrogen-bond donors (Lipinski definition) is 0. The van der Waals surface area contributed by atoms with Gasteiger partial charge in [0.05, 0.1) is 5.92 Å². The van der Waals surface area contributed by atoms with Crippen molar-refractivity contribution in [1.29, 1.82) is 0 Å². The van der Waals surface area contributed by atoms with E-state index in [9.17, 15) is 4.79 Å². The molecule has 1 unspecified atom stereocenters. The molecule has 0 N–H and O–H groups in total. The predicted octanol–water partition coefficient (Wildman–Crippen LogP) is 4.17. The Kier molecular flexibility index (Phi) is 3.78. The zero-order chi connectivity index (χ0) is 14.8. The highest BCUT2D eigenvalue weighted by Gasteiger charge is 2.30. The van der Waals surface area contributed by atoms with Gasteiger partial charge >= 0.3 is 0 Å². The highest BCUT2D eigenvalue weighted by atomic mass is 16.5. The van der Waals surface area contributed by atoms with Crippen LogP contribution in [-0.2, 0) is 12.8 Å². The number of carbonyl (C=O) groups excluding carboxylic acids is 1. The van der Waals surface area contributed by atoms with E-state index in [0.717, 1.165) is 29.7 Å². The van der Waals surface area contributed by atoms with Crippen molar-refractivity contribution in [3.8, 4) is 5.75 Å². The molecule has 1 atom stereocenters. The lowest BCUT2D eigenvalue weighted by atomic mass is 9.90. The minimum Gasteiger partial charge on any atom is -0.492 e. The molecule has 0 saturated heterocycles. The SMILES string of the molecule is CCc1ccc(C(=O)C2COc3ccccc32)cc1CC. The molecule has 0 saturated carbocycles. The Balaban J connectivity index is 1.93. The highest BCUT2D eigenvalue weighted by molar-refractivity contribution is 6.02. The molecule has 2 nitrogen and oxygen atoms in total. The maximum absolute atomic E-state index is 12.8. The summed E-state index contributed by atoms with van der Waals surface area (Å²) < 4.78 is 5.63. The third kappa shape index (κ3) is 2.46. The summed E-state index contributed by atoms with van der Waals surface area (Å²) in [5, 5.41) is 0. The van der Waals surface area contributed by atoms with E-state index in [1.807, 2.05) is 30.3 Å². The largest absolute Gasteiger partial charge is 0.492 e. The number of para-hydroxylation sites is 1. The van der Waals surface area contributed by atoms with Crippen LogP contribution in [0.2, 0.25) is 0 Å². The zero-order valence-electron chi connectivity index (χ0n) is 12.6. The van der Waals surface area contributed by atoms with E-state index in [2.05, 4.69) is 26.0 Å². The molecule has 0 fully saturated rings. The number of benzene rings is 2. The van der Waals surface area contributed by atoms with E-state index in [1.165, 1.54) is 11.1 Å². The van der Waals surface area contributed by atoms with Gasteiger partial charge in [-0.25, -0.2) is 0 Å². The monoisotopic (exact) mass is 280 g/mol. The first kappa shape index (κ1) is 13.9. The molecule has 0 radical (unpaired) electrons. The van der Waals surface area contributed by atoms with Crippen LogP contribution in [0.5, 0.6) is 5.75 Å². The second-order valence-corrected chi connectivity index (χ2v) is 5.46. The molecule has 0 aromatic heterocycles. The topological polar surface area (TPSA) is 26.3 Å². The Morgan fingerprint density at radius 1 is 1.10 bits per heavy atom. The lowest BCUT2D eigenvalue weighted by molar-refractivity contribution is 0.0947. The predicted molar refractivity (Wildman–Crippen MR) is 84.2 cm³/mol. The Morgan fingerprint density at radius 2 is 1.86 bits per heavy atom. The van der Waals surface area contributed by atoms with E-state index in [1.54, 1.807) is 0 Å². The molecule has 0 aliphatic carbocycles. The van der Waals surface area contributed by atoms with Crippen molar-refractivity contribution in [3.63, 3.8) is 0 Å². The van der Waals surface area contributed by atoms with Crippen LogP contribution in [0.15, 0.2) is 42.5 Å². The second kappa shape index (κ2) is 5.72. The van der Waals surface area contributed by atoms with Crippen LogP contribution >= 0.6 is 0 Å². The average molecular weight is 280 g/mol. The molecule has 0 amide bonds. The van der Waals surface area contributed by atoms with E-state index in [4.69, 9.17) is 4.74 Å². The summed E-state index contributed by atoms with van der Waals surface area (Å²) in [7, 11) is 0. The van der Waals surface area contributed by atoms with Crippen LogP contribution in [0.1, 0.15) is 46.8 Å². The summed E-state index contributed by atoms with van der Waals surface area (Å²) in [6.07, 6.45) is 1.97.